The molecular weight excluding hydrogens is 222 g/mol. The van der Waals surface area contributed by atoms with Gasteiger partial charge in [0.15, 0.2) is 0 Å². The van der Waals surface area contributed by atoms with E-state index in [1.165, 1.54) is 6.42 Å². The number of aliphatic imine (C=N–C) groups is 1. The number of carbonyl (C=O) groups is 2. The lowest BCUT2D eigenvalue weighted by atomic mass is 10.0. The quantitative estimate of drug-likeness (QED) is 0.713. The highest BCUT2D eigenvalue weighted by Crippen LogP contribution is 2.13. The number of hydrogen-bond acceptors (Lipinski definition) is 4. The van der Waals surface area contributed by atoms with Crippen LogP contribution < -0.4 is 5.32 Å². The van der Waals surface area contributed by atoms with Crippen molar-refractivity contribution in [3.05, 3.63) is 0 Å². The van der Waals surface area contributed by atoms with Crippen LogP contribution in [0.4, 0.5) is 0 Å². The van der Waals surface area contributed by atoms with E-state index in [2.05, 4.69) is 15.2 Å². The normalized spacial score (nSPS) is 25.2. The van der Waals surface area contributed by atoms with E-state index < -0.39 is 11.9 Å². The van der Waals surface area contributed by atoms with Crippen molar-refractivity contribution in [3.8, 4) is 0 Å². The van der Waals surface area contributed by atoms with Crippen molar-refractivity contribution in [2.45, 2.75) is 25.7 Å². The number of rotatable bonds is 2. The van der Waals surface area contributed by atoms with E-state index in [0.29, 0.717) is 5.96 Å². The fraction of sp³-hybridized carbons (Fsp3) is 0.727. The number of carboxylic acids is 1. The fourth-order valence-electron chi connectivity index (χ4n) is 2.18. The van der Waals surface area contributed by atoms with Gasteiger partial charge in [0.2, 0.25) is 11.9 Å². The molecule has 0 saturated carbocycles. The van der Waals surface area contributed by atoms with Gasteiger partial charge in [0.05, 0.1) is 18.9 Å². The summed E-state index contributed by atoms with van der Waals surface area (Å²) in [7, 11) is 0. The summed E-state index contributed by atoms with van der Waals surface area (Å²) in [5.41, 5.74) is 0. The Bertz CT molecular complexity index is 348. The Hall–Kier alpha value is -1.59. The molecule has 2 rings (SSSR count). The Morgan fingerprint density at radius 3 is 2.71 bits per heavy atom. The molecule has 6 heteroatoms. The molecule has 2 aliphatic heterocycles. The first-order chi connectivity index (χ1) is 8.16. The third-order valence-electron chi connectivity index (χ3n) is 3.14. The Balaban J connectivity index is 1.96. The lowest BCUT2D eigenvalue weighted by Gasteiger charge is -2.32. The zero-order valence-electron chi connectivity index (χ0n) is 9.69. The minimum Gasteiger partial charge on any atom is -0.481 e. The molecule has 0 aliphatic carbocycles. The summed E-state index contributed by atoms with van der Waals surface area (Å²) < 4.78 is 0. The van der Waals surface area contributed by atoms with Gasteiger partial charge in [-0.1, -0.05) is 0 Å². The first-order valence-corrected chi connectivity index (χ1v) is 5.99. The number of hydrogen-bond donors (Lipinski definition) is 2. The monoisotopic (exact) mass is 239 g/mol. The average Bonchev–Trinajstić information content (AvgIpc) is 2.32. The van der Waals surface area contributed by atoms with Crippen LogP contribution in [0.5, 0.6) is 0 Å². The summed E-state index contributed by atoms with van der Waals surface area (Å²) in [6, 6.07) is 0. The van der Waals surface area contributed by atoms with Crippen LogP contribution in [-0.4, -0.2) is 47.5 Å². The number of aliphatic carboxylic acids is 1. The summed E-state index contributed by atoms with van der Waals surface area (Å²) in [6.07, 6.45) is 3.31. The molecule has 0 unspecified atom stereocenters. The van der Waals surface area contributed by atoms with Crippen molar-refractivity contribution in [1.29, 1.82) is 0 Å². The van der Waals surface area contributed by atoms with Gasteiger partial charge in [0.1, 0.15) is 0 Å². The van der Waals surface area contributed by atoms with Crippen LogP contribution in [-0.2, 0) is 9.59 Å². The molecule has 0 aromatic heterocycles. The van der Waals surface area contributed by atoms with E-state index in [-0.39, 0.29) is 18.9 Å². The van der Waals surface area contributed by atoms with Crippen LogP contribution >= 0.6 is 0 Å². The maximum Gasteiger partial charge on any atom is 0.304 e. The molecule has 6 nitrogen and oxygen atoms in total. The fourth-order valence-corrected chi connectivity index (χ4v) is 2.18. The van der Waals surface area contributed by atoms with E-state index in [9.17, 15) is 9.59 Å². The number of carbonyl (C=O) groups excluding carboxylic acids is 1. The van der Waals surface area contributed by atoms with Gasteiger partial charge in [-0.3, -0.25) is 19.9 Å². The molecule has 0 aromatic rings. The largest absolute Gasteiger partial charge is 0.481 e. The highest BCUT2D eigenvalue weighted by atomic mass is 16.4. The topological polar surface area (TPSA) is 82.0 Å². The molecule has 1 saturated heterocycles. The Morgan fingerprint density at radius 2 is 2.12 bits per heavy atom. The second-order valence-electron chi connectivity index (χ2n) is 4.50. The van der Waals surface area contributed by atoms with Crippen molar-refractivity contribution in [1.82, 2.24) is 10.2 Å². The standard InChI is InChI=1S/C11H17N3O3/c15-9(16)6-8-7-12-11(13-10(8)17)14-4-2-1-3-5-14/h8H,1-7H2,(H,15,16)(H,12,13,17)/t8-/m0/s1. The van der Waals surface area contributed by atoms with Crippen LogP contribution in [0.2, 0.25) is 0 Å². The molecule has 0 spiro atoms. The van der Waals surface area contributed by atoms with Crippen molar-refractivity contribution < 1.29 is 14.7 Å². The van der Waals surface area contributed by atoms with E-state index in [0.717, 1.165) is 25.9 Å². The molecule has 1 atom stereocenters. The van der Waals surface area contributed by atoms with Crippen LogP contribution in [0.15, 0.2) is 4.99 Å². The summed E-state index contributed by atoms with van der Waals surface area (Å²) in [4.78, 5) is 28.6. The first-order valence-electron chi connectivity index (χ1n) is 5.99. The molecule has 2 N–H and O–H groups in total. The van der Waals surface area contributed by atoms with Crippen molar-refractivity contribution in [2.75, 3.05) is 19.6 Å². The van der Waals surface area contributed by atoms with E-state index >= 15 is 0 Å². The van der Waals surface area contributed by atoms with Gasteiger partial charge in [0, 0.05) is 13.1 Å². The highest BCUT2D eigenvalue weighted by molar-refractivity contribution is 6.00. The van der Waals surface area contributed by atoms with Gasteiger partial charge in [-0.25, -0.2) is 0 Å². The van der Waals surface area contributed by atoms with E-state index in [1.807, 2.05) is 0 Å². The van der Waals surface area contributed by atoms with Crippen LogP contribution in [0.1, 0.15) is 25.7 Å². The zero-order chi connectivity index (χ0) is 12.3. The SMILES string of the molecule is O=C(O)C[C@H]1CN=C(N2CCCCC2)NC1=O. The van der Waals surface area contributed by atoms with E-state index in [1.54, 1.807) is 0 Å². The summed E-state index contributed by atoms with van der Waals surface area (Å²) in [6.45, 7) is 2.12. The van der Waals surface area contributed by atoms with Crippen LogP contribution in [0.3, 0.4) is 0 Å². The third-order valence-corrected chi connectivity index (χ3v) is 3.14. The molecule has 1 amide bonds. The first kappa shape index (κ1) is 11.9. The number of piperidine rings is 1. The summed E-state index contributed by atoms with van der Waals surface area (Å²) in [5, 5.41) is 11.4. The number of nitrogens with one attached hydrogen (secondary N) is 1. The second-order valence-corrected chi connectivity index (χ2v) is 4.50. The molecule has 0 bridgehead atoms. The van der Waals surface area contributed by atoms with Crippen molar-refractivity contribution in [2.24, 2.45) is 10.9 Å². The predicted molar refractivity (Wildman–Crippen MR) is 61.6 cm³/mol. The number of amides is 1. The lowest BCUT2D eigenvalue weighted by molar-refractivity contribution is -0.140. The highest BCUT2D eigenvalue weighted by Gasteiger charge is 2.28. The van der Waals surface area contributed by atoms with Crippen LogP contribution in [0.25, 0.3) is 0 Å². The number of guanidine groups is 1. The van der Waals surface area contributed by atoms with Gasteiger partial charge in [0.25, 0.3) is 0 Å². The molecule has 0 aromatic carbocycles. The molecule has 2 aliphatic rings. The Morgan fingerprint density at radius 1 is 1.41 bits per heavy atom. The molecule has 1 fully saturated rings. The minimum absolute atomic E-state index is 0.150. The molecule has 2 heterocycles. The lowest BCUT2D eigenvalue weighted by Crippen LogP contribution is -2.51. The van der Waals surface area contributed by atoms with Gasteiger partial charge in [-0.2, -0.15) is 0 Å². The van der Waals surface area contributed by atoms with E-state index in [4.69, 9.17) is 5.11 Å². The predicted octanol–water partition coefficient (Wildman–Crippen LogP) is 0.0490. The van der Waals surface area contributed by atoms with Crippen LogP contribution in [0, 0.1) is 5.92 Å². The Labute approximate surface area is 99.7 Å². The van der Waals surface area contributed by atoms with Crippen molar-refractivity contribution >= 4 is 17.8 Å². The second kappa shape index (κ2) is 5.16. The smallest absolute Gasteiger partial charge is 0.304 e. The number of carboxylic acid groups (broad SMARTS) is 1. The van der Waals surface area contributed by atoms with Crippen molar-refractivity contribution in [3.63, 3.8) is 0 Å². The van der Waals surface area contributed by atoms with Gasteiger partial charge >= 0.3 is 5.97 Å². The zero-order valence-corrected chi connectivity index (χ0v) is 9.69. The van der Waals surface area contributed by atoms with Gasteiger partial charge < -0.3 is 10.0 Å². The molecular formula is C11H17N3O3. The Kier molecular flexibility index (Phi) is 3.61. The maximum atomic E-state index is 11.7. The summed E-state index contributed by atoms with van der Waals surface area (Å²) >= 11 is 0. The maximum absolute atomic E-state index is 11.7. The number of nitrogens with zero attached hydrogens (tertiary/aromatic N) is 2. The minimum atomic E-state index is -0.957. The summed E-state index contributed by atoms with van der Waals surface area (Å²) in [5.74, 6) is -1.08. The van der Waals surface area contributed by atoms with Gasteiger partial charge in [-0.05, 0) is 19.3 Å². The molecule has 94 valence electrons. The average molecular weight is 239 g/mol. The van der Waals surface area contributed by atoms with Gasteiger partial charge in [-0.15, -0.1) is 0 Å². The third kappa shape index (κ3) is 2.95. The molecule has 0 radical (unpaired) electrons. The molecule has 17 heavy (non-hydrogen) atoms. The number of likely N-dealkylation sites (tertiary alicyclic amines) is 1.